The number of hydrogen-bond acceptors (Lipinski definition) is 5. The van der Waals surface area contributed by atoms with Crippen LogP contribution in [-0.4, -0.2) is 23.8 Å². The number of ether oxygens (including phenoxy) is 1. The van der Waals surface area contributed by atoms with Gasteiger partial charge in [0.05, 0.1) is 5.54 Å². The van der Waals surface area contributed by atoms with Gasteiger partial charge in [-0.15, -0.1) is 0 Å². The Hall–Kier alpha value is -0.940. The molecule has 2 heterocycles. The molecular weight excluding hydrogens is 230 g/mol. The molecule has 1 aliphatic heterocycles. The molecule has 1 fully saturated rings. The summed E-state index contributed by atoms with van der Waals surface area (Å²) in [6, 6.07) is 0. The lowest BCUT2D eigenvalue weighted by Gasteiger charge is -2.24. The zero-order valence-electron chi connectivity index (χ0n) is 11.5. The van der Waals surface area contributed by atoms with Crippen LogP contribution in [0.15, 0.2) is 4.52 Å². The molecule has 2 unspecified atom stereocenters. The molecule has 0 spiro atoms. The van der Waals surface area contributed by atoms with E-state index in [1.165, 1.54) is 6.42 Å². The van der Waals surface area contributed by atoms with Gasteiger partial charge in [0.1, 0.15) is 6.10 Å². The van der Waals surface area contributed by atoms with E-state index in [9.17, 15) is 0 Å². The largest absolute Gasteiger partial charge is 0.373 e. The second-order valence-electron chi connectivity index (χ2n) is 4.95. The molecule has 0 saturated carbocycles. The summed E-state index contributed by atoms with van der Waals surface area (Å²) in [7, 11) is 1.68. The van der Waals surface area contributed by atoms with Crippen LogP contribution in [0.5, 0.6) is 0 Å². The first-order chi connectivity index (χ1) is 8.75. The fourth-order valence-corrected chi connectivity index (χ4v) is 2.75. The van der Waals surface area contributed by atoms with Gasteiger partial charge < -0.3 is 14.6 Å². The summed E-state index contributed by atoms with van der Waals surface area (Å²) in [4.78, 5) is 4.56. The lowest BCUT2D eigenvalue weighted by Crippen LogP contribution is -2.37. The molecular formula is C13H23N3O2. The number of hydrogen-bond donors (Lipinski definition) is 1. The van der Waals surface area contributed by atoms with Gasteiger partial charge in [-0.25, -0.2) is 0 Å². The molecule has 2 rings (SSSR count). The Kier molecular flexibility index (Phi) is 4.35. The number of methoxy groups -OCH3 is 1. The topological polar surface area (TPSA) is 60.2 Å². The fourth-order valence-electron chi connectivity index (χ4n) is 2.75. The Morgan fingerprint density at radius 3 is 2.89 bits per heavy atom. The number of nitrogens with zero attached hydrogens (tertiary/aromatic N) is 2. The van der Waals surface area contributed by atoms with E-state index in [0.29, 0.717) is 5.82 Å². The Labute approximate surface area is 108 Å². The van der Waals surface area contributed by atoms with E-state index in [1.807, 2.05) is 0 Å². The van der Waals surface area contributed by atoms with Gasteiger partial charge in [0.25, 0.3) is 0 Å². The molecule has 5 nitrogen and oxygen atoms in total. The van der Waals surface area contributed by atoms with Gasteiger partial charge in [-0.2, -0.15) is 4.98 Å². The molecule has 2 atom stereocenters. The van der Waals surface area contributed by atoms with Gasteiger partial charge in [-0.3, -0.25) is 0 Å². The van der Waals surface area contributed by atoms with Crippen LogP contribution in [0.3, 0.4) is 0 Å². The highest BCUT2D eigenvalue weighted by Gasteiger charge is 2.40. The smallest absolute Gasteiger partial charge is 0.247 e. The van der Waals surface area contributed by atoms with Crippen LogP contribution in [0.25, 0.3) is 0 Å². The maximum absolute atomic E-state index is 5.49. The first-order valence-corrected chi connectivity index (χ1v) is 6.87. The second-order valence-corrected chi connectivity index (χ2v) is 4.95. The highest BCUT2D eigenvalue weighted by molar-refractivity contribution is 5.07. The van der Waals surface area contributed by atoms with Gasteiger partial charge in [0, 0.05) is 7.11 Å². The average Bonchev–Trinajstić information content (AvgIpc) is 3.01. The van der Waals surface area contributed by atoms with Gasteiger partial charge in [0.15, 0.2) is 0 Å². The van der Waals surface area contributed by atoms with Crippen LogP contribution in [0, 0.1) is 0 Å². The third-order valence-electron chi connectivity index (χ3n) is 3.71. The molecule has 0 amide bonds. The minimum Gasteiger partial charge on any atom is -0.373 e. The van der Waals surface area contributed by atoms with Crippen molar-refractivity contribution in [2.24, 2.45) is 0 Å². The Bertz CT molecular complexity index is 368. The first-order valence-electron chi connectivity index (χ1n) is 6.87. The summed E-state index contributed by atoms with van der Waals surface area (Å²) in [6.45, 7) is 5.27. The van der Waals surface area contributed by atoms with Crippen LogP contribution < -0.4 is 5.32 Å². The zero-order valence-corrected chi connectivity index (χ0v) is 11.5. The summed E-state index contributed by atoms with van der Waals surface area (Å²) in [5, 5.41) is 7.62. The molecule has 1 aliphatic rings. The summed E-state index contributed by atoms with van der Waals surface area (Å²) in [5.74, 6) is 1.39. The standard InChI is InChI=1S/C13H23N3O2/c1-4-7-13(8-6-9-14-13)12-15-11(16-18-12)10(5-2)17-3/h10,14H,4-9H2,1-3H3. The molecule has 1 aromatic heterocycles. The van der Waals surface area contributed by atoms with Crippen LogP contribution in [0.1, 0.15) is 63.8 Å². The molecule has 102 valence electrons. The molecule has 0 aromatic carbocycles. The predicted molar refractivity (Wildman–Crippen MR) is 68.2 cm³/mol. The van der Waals surface area contributed by atoms with Crippen molar-refractivity contribution in [2.45, 2.75) is 57.6 Å². The van der Waals surface area contributed by atoms with Gasteiger partial charge in [-0.1, -0.05) is 25.4 Å². The first kappa shape index (κ1) is 13.5. The van der Waals surface area contributed by atoms with Crippen molar-refractivity contribution >= 4 is 0 Å². The monoisotopic (exact) mass is 253 g/mol. The van der Waals surface area contributed by atoms with E-state index >= 15 is 0 Å². The Morgan fingerprint density at radius 1 is 1.50 bits per heavy atom. The van der Waals surface area contributed by atoms with Crippen LogP contribution in [0.2, 0.25) is 0 Å². The molecule has 18 heavy (non-hydrogen) atoms. The highest BCUT2D eigenvalue weighted by Crippen LogP contribution is 2.34. The number of rotatable bonds is 6. The van der Waals surface area contributed by atoms with Gasteiger partial charge >= 0.3 is 0 Å². The van der Waals surface area contributed by atoms with Crippen molar-refractivity contribution in [3.8, 4) is 0 Å². The van der Waals surface area contributed by atoms with E-state index in [4.69, 9.17) is 9.26 Å². The molecule has 5 heteroatoms. The number of aromatic nitrogens is 2. The molecule has 1 aromatic rings. The molecule has 0 bridgehead atoms. The predicted octanol–water partition coefficient (Wildman–Crippen LogP) is 2.55. The van der Waals surface area contributed by atoms with E-state index in [1.54, 1.807) is 7.11 Å². The van der Waals surface area contributed by atoms with Crippen molar-refractivity contribution < 1.29 is 9.26 Å². The summed E-state index contributed by atoms with van der Waals surface area (Å²) < 4.78 is 10.8. The Morgan fingerprint density at radius 2 is 2.33 bits per heavy atom. The van der Waals surface area contributed by atoms with E-state index in [2.05, 4.69) is 29.3 Å². The van der Waals surface area contributed by atoms with Crippen molar-refractivity contribution in [3.05, 3.63) is 11.7 Å². The minimum atomic E-state index is -0.105. The average molecular weight is 253 g/mol. The SMILES string of the molecule is CCCC1(c2nc(C(CC)OC)no2)CCCN1. The number of nitrogens with one attached hydrogen (secondary N) is 1. The van der Waals surface area contributed by atoms with E-state index in [0.717, 1.165) is 38.1 Å². The van der Waals surface area contributed by atoms with Crippen molar-refractivity contribution in [2.75, 3.05) is 13.7 Å². The van der Waals surface area contributed by atoms with E-state index in [-0.39, 0.29) is 11.6 Å². The van der Waals surface area contributed by atoms with E-state index < -0.39 is 0 Å². The van der Waals surface area contributed by atoms with Crippen molar-refractivity contribution in [1.29, 1.82) is 0 Å². The minimum absolute atomic E-state index is 0.0671. The van der Waals surface area contributed by atoms with Crippen molar-refractivity contribution in [3.63, 3.8) is 0 Å². The lowest BCUT2D eigenvalue weighted by molar-refractivity contribution is 0.0903. The quantitative estimate of drug-likeness (QED) is 0.844. The molecule has 1 N–H and O–H groups in total. The lowest BCUT2D eigenvalue weighted by atomic mass is 9.92. The van der Waals surface area contributed by atoms with Crippen LogP contribution in [-0.2, 0) is 10.3 Å². The maximum Gasteiger partial charge on any atom is 0.247 e. The second kappa shape index (κ2) is 5.80. The maximum atomic E-state index is 5.49. The highest BCUT2D eigenvalue weighted by atomic mass is 16.5. The molecule has 0 aliphatic carbocycles. The summed E-state index contributed by atoms with van der Waals surface area (Å²) in [6.07, 6.45) is 5.17. The zero-order chi connectivity index (χ0) is 13.0. The van der Waals surface area contributed by atoms with Crippen LogP contribution >= 0.6 is 0 Å². The third-order valence-corrected chi connectivity index (χ3v) is 3.71. The van der Waals surface area contributed by atoms with Crippen molar-refractivity contribution in [1.82, 2.24) is 15.5 Å². The summed E-state index contributed by atoms with van der Waals surface area (Å²) >= 11 is 0. The third kappa shape index (κ3) is 2.42. The van der Waals surface area contributed by atoms with Gasteiger partial charge in [-0.05, 0) is 32.2 Å². The molecule has 1 saturated heterocycles. The fraction of sp³-hybridized carbons (Fsp3) is 0.846. The Balaban J connectivity index is 2.21. The molecule has 0 radical (unpaired) electrons. The van der Waals surface area contributed by atoms with Gasteiger partial charge in [0.2, 0.25) is 11.7 Å². The summed E-state index contributed by atoms with van der Waals surface area (Å²) in [5.41, 5.74) is -0.105. The normalized spacial score (nSPS) is 25.5. The van der Waals surface area contributed by atoms with Crippen LogP contribution in [0.4, 0.5) is 0 Å².